The average molecular weight is 963 g/mol. The van der Waals surface area contributed by atoms with E-state index in [4.69, 9.17) is 28.9 Å². The summed E-state index contributed by atoms with van der Waals surface area (Å²) in [5.74, 6) is 1.35. The van der Waals surface area contributed by atoms with Crippen LogP contribution in [-0.4, -0.2) is 51.9 Å². The lowest BCUT2D eigenvalue weighted by Crippen LogP contribution is -2.05. The van der Waals surface area contributed by atoms with Crippen LogP contribution in [0.25, 0.3) is 10.8 Å². The van der Waals surface area contributed by atoms with E-state index in [0.717, 1.165) is 33.2 Å². The highest BCUT2D eigenvalue weighted by molar-refractivity contribution is 5.94. The highest BCUT2D eigenvalue weighted by Crippen LogP contribution is 2.24. The Bertz CT molecular complexity index is 2640. The second-order valence-corrected chi connectivity index (χ2v) is 14.9. The van der Waals surface area contributed by atoms with E-state index in [1.165, 1.54) is 34.0 Å². The van der Waals surface area contributed by atoms with Gasteiger partial charge in [-0.2, -0.15) is 4.89 Å². The van der Waals surface area contributed by atoms with E-state index >= 15 is 0 Å². The monoisotopic (exact) mass is 962 g/mol. The fourth-order valence-corrected chi connectivity index (χ4v) is 5.88. The third-order valence-electron chi connectivity index (χ3n) is 9.79. The molecule has 0 radical (unpaired) electrons. The first kappa shape index (κ1) is 57.2. The van der Waals surface area contributed by atoms with Gasteiger partial charge in [0.2, 0.25) is 0 Å². The maximum absolute atomic E-state index is 12.3. The summed E-state index contributed by atoms with van der Waals surface area (Å²) in [5.41, 5.74) is 5.13. The minimum absolute atomic E-state index is 0.0263. The molecular formula is C59H62O12. The Hall–Kier alpha value is -8.16. The molecule has 12 heteroatoms. The topological polar surface area (TPSA) is 142 Å². The largest absolute Gasteiger partial charge is 0.497 e. The van der Waals surface area contributed by atoms with Crippen LogP contribution in [-0.2, 0) is 44.0 Å². The van der Waals surface area contributed by atoms with Crippen molar-refractivity contribution in [2.75, 3.05) is 28.4 Å². The predicted octanol–water partition coefficient (Wildman–Crippen LogP) is 13.2. The normalized spacial score (nSPS) is 10.8. The molecule has 0 heterocycles. The van der Waals surface area contributed by atoms with E-state index in [-0.39, 0.29) is 36.7 Å². The van der Waals surface area contributed by atoms with Crippen LogP contribution < -0.4 is 14.4 Å². The molecule has 0 unspecified atom stereocenters. The molecule has 1 aliphatic rings. The van der Waals surface area contributed by atoms with E-state index in [2.05, 4.69) is 47.1 Å². The molecule has 0 saturated heterocycles. The van der Waals surface area contributed by atoms with Crippen LogP contribution in [0.3, 0.4) is 0 Å². The lowest BCUT2D eigenvalue weighted by Gasteiger charge is -2.09. The van der Waals surface area contributed by atoms with Gasteiger partial charge in [0.15, 0.2) is 17.3 Å². The molecule has 0 atom stereocenters. The summed E-state index contributed by atoms with van der Waals surface area (Å²) < 4.78 is 20.0. The molecule has 0 fully saturated rings. The van der Waals surface area contributed by atoms with E-state index in [9.17, 15) is 19.2 Å². The Morgan fingerprint density at radius 1 is 0.479 bits per heavy atom. The number of ketones is 2. The number of hydrogen-bond donors (Lipinski definition) is 0. The van der Waals surface area contributed by atoms with Gasteiger partial charge in [-0.1, -0.05) is 128 Å². The number of allylic oxidation sites excluding steroid dienone is 8. The minimum atomic E-state index is -0.389. The molecule has 0 spiro atoms. The first-order valence-corrected chi connectivity index (χ1v) is 22.4. The van der Waals surface area contributed by atoms with Crippen molar-refractivity contribution in [3.63, 3.8) is 0 Å². The van der Waals surface area contributed by atoms with Crippen LogP contribution in [0, 0.1) is 0 Å². The Labute approximate surface area is 416 Å². The van der Waals surface area contributed by atoms with Crippen molar-refractivity contribution in [3.8, 4) is 17.2 Å². The zero-order valence-corrected chi connectivity index (χ0v) is 41.2. The average Bonchev–Trinajstić information content (AvgIpc) is 3.42. The number of fused-ring (bicyclic) bond motifs is 1. The molecule has 6 aromatic carbocycles. The molecule has 0 aromatic heterocycles. The molecule has 0 saturated carbocycles. The van der Waals surface area contributed by atoms with Crippen molar-refractivity contribution in [1.82, 2.24) is 0 Å². The molecule has 0 N–H and O–H groups in total. The van der Waals surface area contributed by atoms with Gasteiger partial charge in [-0.15, -0.1) is 0 Å². The summed E-state index contributed by atoms with van der Waals surface area (Å²) in [4.78, 5) is 65.4. The van der Waals surface area contributed by atoms with Crippen molar-refractivity contribution in [2.24, 2.45) is 0 Å². The summed E-state index contributed by atoms with van der Waals surface area (Å²) >= 11 is 0. The van der Waals surface area contributed by atoms with Gasteiger partial charge >= 0.3 is 11.9 Å². The van der Waals surface area contributed by atoms with Crippen LogP contribution in [0.15, 0.2) is 195 Å². The predicted molar refractivity (Wildman–Crippen MR) is 278 cm³/mol. The van der Waals surface area contributed by atoms with Gasteiger partial charge in [0.1, 0.15) is 31.3 Å². The highest BCUT2D eigenvalue weighted by atomic mass is 17.2. The number of Topliss-reactive ketones (excluding diaryl/α,β-unsaturated/α-hetero) is 2. The molecule has 1 aliphatic carbocycles. The quantitative estimate of drug-likeness (QED) is 0.0282. The number of methoxy groups -OCH3 is 3. The van der Waals surface area contributed by atoms with Crippen molar-refractivity contribution in [3.05, 3.63) is 234 Å². The van der Waals surface area contributed by atoms with Gasteiger partial charge in [-0.3, -0.25) is 9.59 Å². The molecule has 71 heavy (non-hydrogen) atoms. The highest BCUT2D eigenvalue weighted by Gasteiger charge is 2.09. The number of rotatable bonds is 17. The molecule has 6 aromatic rings. The lowest BCUT2D eigenvalue weighted by molar-refractivity contribution is -0.282. The fourth-order valence-electron chi connectivity index (χ4n) is 5.88. The zero-order chi connectivity index (χ0) is 51.6. The van der Waals surface area contributed by atoms with Crippen LogP contribution in [0.1, 0.15) is 84.8 Å². The smallest absolute Gasteiger partial charge is 0.338 e. The third kappa shape index (κ3) is 22.2. The molecule has 0 aliphatic heterocycles. The minimum Gasteiger partial charge on any atom is -0.497 e. The van der Waals surface area contributed by atoms with Gasteiger partial charge in [0, 0.05) is 11.1 Å². The third-order valence-corrected chi connectivity index (χ3v) is 9.79. The molecule has 0 bridgehead atoms. The number of carbonyl (C=O) groups excluding carboxylic acids is 4. The Morgan fingerprint density at radius 3 is 1.32 bits per heavy atom. The Morgan fingerprint density at radius 2 is 0.901 bits per heavy atom. The summed E-state index contributed by atoms with van der Waals surface area (Å²) in [5, 5.41) is 1.96. The molecule has 0 amide bonds. The zero-order valence-electron chi connectivity index (χ0n) is 41.2. The van der Waals surface area contributed by atoms with Gasteiger partial charge < -0.3 is 23.8 Å². The van der Waals surface area contributed by atoms with Gasteiger partial charge in [-0.05, 0) is 121 Å². The number of hydrogen-bond acceptors (Lipinski definition) is 12. The van der Waals surface area contributed by atoms with Crippen molar-refractivity contribution < 1.29 is 57.7 Å². The van der Waals surface area contributed by atoms with Gasteiger partial charge in [-0.25, -0.2) is 19.4 Å². The number of esters is 2. The van der Waals surface area contributed by atoms with E-state index in [1.54, 1.807) is 106 Å². The van der Waals surface area contributed by atoms with Gasteiger partial charge in [0.25, 0.3) is 0 Å². The second-order valence-electron chi connectivity index (χ2n) is 14.9. The van der Waals surface area contributed by atoms with Crippen molar-refractivity contribution >= 4 is 34.3 Å². The van der Waals surface area contributed by atoms with Crippen LogP contribution in [0.5, 0.6) is 17.2 Å². The van der Waals surface area contributed by atoms with Crippen LogP contribution >= 0.6 is 0 Å². The standard InChI is InChI=1S/C28H24O6.C10H12O3.C9H10O3.2C6H8/c1-19(29)22-6-3-20(4-7-22)18-33-34-27-14-11-24-15-21(5-8-25(24)16-27)17-32-28(30)23-9-12-26(31-2)13-10-23;1-8(11)10-5-3-9(4-6-10)7-13-12-2;1-11-8-5-3-7(4-6-8)9(10)12-2;1-2-4-6-5-3-1;1-3-5-6-4-2/h3-16H,17-18H2,1-2H3;3-6H,7H2,1-2H3;3-6H,1-2H3;1-4H,5-6H2;3-6H,1-2H2/b;;;;6-5-. The molecule has 370 valence electrons. The molecular weight excluding hydrogens is 901 g/mol. The van der Waals surface area contributed by atoms with Crippen LogP contribution in [0.2, 0.25) is 0 Å². The number of benzene rings is 6. The summed E-state index contributed by atoms with van der Waals surface area (Å²) in [7, 11) is 5.97. The maximum Gasteiger partial charge on any atom is 0.338 e. The Balaban J connectivity index is 0.000000291. The second kappa shape index (κ2) is 33.4. The Kier molecular flexibility index (Phi) is 26.9. The number of carbonyl (C=O) groups is 4. The SMILES string of the molecule is C1=CCCC=C1.C=C/C=C\C=C.COC(=O)c1ccc(OC)cc1.COOCc1ccc(C(C)=O)cc1.COc1ccc(C(=O)OCc2ccc3cc(OOCc4ccc(C(C)=O)cc4)ccc3c2)cc1. The summed E-state index contributed by atoms with van der Waals surface area (Å²) in [6, 6.07) is 39.4. The fraction of sp³-hybridized carbons (Fsp3) is 0.186. The van der Waals surface area contributed by atoms with Crippen molar-refractivity contribution in [1.29, 1.82) is 0 Å². The van der Waals surface area contributed by atoms with Crippen molar-refractivity contribution in [2.45, 2.75) is 46.5 Å². The van der Waals surface area contributed by atoms with E-state index < -0.39 is 0 Å². The maximum atomic E-state index is 12.3. The van der Waals surface area contributed by atoms with E-state index in [0.29, 0.717) is 40.4 Å². The van der Waals surface area contributed by atoms with E-state index in [1.807, 2.05) is 72.8 Å². The molecule has 7 rings (SSSR count). The lowest BCUT2D eigenvalue weighted by atomic mass is 10.1. The summed E-state index contributed by atoms with van der Waals surface area (Å²) in [6.07, 6.45) is 18.1. The first-order chi connectivity index (χ1) is 34.4. The molecule has 12 nitrogen and oxygen atoms in total. The summed E-state index contributed by atoms with van der Waals surface area (Å²) in [6.45, 7) is 10.8. The van der Waals surface area contributed by atoms with Crippen LogP contribution in [0.4, 0.5) is 0 Å². The van der Waals surface area contributed by atoms with Gasteiger partial charge in [0.05, 0.1) is 39.6 Å². The first-order valence-electron chi connectivity index (χ1n) is 22.4. The number of ether oxygens (including phenoxy) is 4.